The molecule has 2 N–H and O–H groups in total. The predicted molar refractivity (Wildman–Crippen MR) is 50.6 cm³/mol. The molecule has 0 saturated carbocycles. The molecule has 76 valence electrons. The van der Waals surface area contributed by atoms with E-state index < -0.39 is 11.9 Å². The van der Waals surface area contributed by atoms with Crippen molar-refractivity contribution in [1.82, 2.24) is 0 Å². The van der Waals surface area contributed by atoms with Crippen molar-refractivity contribution in [3.63, 3.8) is 0 Å². The second-order valence-electron chi connectivity index (χ2n) is 2.09. The van der Waals surface area contributed by atoms with Gasteiger partial charge in [-0.15, -0.1) is 6.58 Å². The molecule has 5 heteroatoms. The Morgan fingerprint density at radius 2 is 1.64 bits per heavy atom. The van der Waals surface area contributed by atoms with Crippen LogP contribution in [0.25, 0.3) is 0 Å². The third-order valence-electron chi connectivity index (χ3n) is 0.861. The van der Waals surface area contributed by atoms with Crippen LogP contribution < -0.4 is 29.6 Å². The minimum absolute atomic E-state index is 0. The first-order valence-electron chi connectivity index (χ1n) is 3.79. The Balaban J connectivity index is -0.0000000770. The summed E-state index contributed by atoms with van der Waals surface area (Å²) in [6.45, 7) is 5.69. The fourth-order valence-corrected chi connectivity index (χ4v) is 0.347. The van der Waals surface area contributed by atoms with Gasteiger partial charge < -0.3 is 11.6 Å². The minimum atomic E-state index is -1.26. The Bertz CT molecular complexity index is 188. The van der Waals surface area contributed by atoms with E-state index in [0.29, 0.717) is 12.2 Å². The molecule has 0 aliphatic carbocycles. The molecule has 0 amide bonds. The Labute approximate surface area is 107 Å². The normalized spacial score (nSPS) is 8.07. The van der Waals surface area contributed by atoms with Crippen LogP contribution in [0, 0.1) is 0 Å². The van der Waals surface area contributed by atoms with Gasteiger partial charge in [-0.2, -0.15) is 0 Å². The maximum Gasteiger partial charge on any atom is 1.00 e. The standard InChI is InChI=1S/C5H10.C4H4O4.Na.H/c1-3-5-4-2;5-3(6)1-2-4(7)8;;/h3H,1,4-5H2,2H3;1-2H,(H,5,6)(H,7,8);;/q;;+1;-1/b;2-1-;;. The summed E-state index contributed by atoms with van der Waals surface area (Å²) in [7, 11) is 0. The van der Waals surface area contributed by atoms with Gasteiger partial charge in [-0.25, -0.2) is 9.59 Å². The number of hydrogen-bond donors (Lipinski definition) is 2. The molecule has 0 aromatic carbocycles. The Hall–Kier alpha value is -0.580. The molecule has 0 bridgehead atoms. The van der Waals surface area contributed by atoms with Gasteiger partial charge in [0.25, 0.3) is 0 Å². The van der Waals surface area contributed by atoms with Crippen molar-refractivity contribution in [1.29, 1.82) is 0 Å². The molecule has 0 aliphatic heterocycles. The number of carboxylic acids is 2. The van der Waals surface area contributed by atoms with Crippen LogP contribution in [0.5, 0.6) is 0 Å². The van der Waals surface area contributed by atoms with Crippen molar-refractivity contribution in [2.45, 2.75) is 19.8 Å². The molecule has 0 heterocycles. The average Bonchev–Trinajstić information content (AvgIpc) is 2.03. The van der Waals surface area contributed by atoms with Crippen LogP contribution in [0.4, 0.5) is 0 Å². The summed E-state index contributed by atoms with van der Waals surface area (Å²) in [5.74, 6) is -2.51. The zero-order valence-electron chi connectivity index (χ0n) is 9.56. The van der Waals surface area contributed by atoms with Crippen molar-refractivity contribution in [2.24, 2.45) is 0 Å². The van der Waals surface area contributed by atoms with E-state index in [0.717, 1.165) is 6.42 Å². The summed E-state index contributed by atoms with van der Waals surface area (Å²) in [5.41, 5.74) is 0. The van der Waals surface area contributed by atoms with E-state index in [1.165, 1.54) is 6.42 Å². The molecule has 0 radical (unpaired) electrons. The van der Waals surface area contributed by atoms with E-state index in [1.807, 2.05) is 6.08 Å². The van der Waals surface area contributed by atoms with Crippen molar-refractivity contribution in [3.8, 4) is 0 Å². The second-order valence-corrected chi connectivity index (χ2v) is 2.09. The van der Waals surface area contributed by atoms with Crippen molar-refractivity contribution >= 4 is 11.9 Å². The van der Waals surface area contributed by atoms with Gasteiger partial charge >= 0.3 is 41.5 Å². The number of carbonyl (C=O) groups is 2. The SMILES string of the molecule is C=CCCC.O=C(O)/C=C\C(=O)O.[H-].[Na+]. The van der Waals surface area contributed by atoms with Gasteiger partial charge in [-0.1, -0.05) is 19.4 Å². The molecular formula is C9H15NaO4. The first kappa shape index (κ1) is 19.1. The Morgan fingerprint density at radius 3 is 1.71 bits per heavy atom. The molecular weight excluding hydrogens is 195 g/mol. The zero-order valence-corrected chi connectivity index (χ0v) is 10.6. The number of allylic oxidation sites excluding steroid dienone is 1. The van der Waals surface area contributed by atoms with Crippen LogP contribution in [0.15, 0.2) is 24.8 Å². The Kier molecular flexibility index (Phi) is 20.3. The zero-order chi connectivity index (χ0) is 10.7. The molecule has 0 saturated heterocycles. The topological polar surface area (TPSA) is 74.6 Å². The third kappa shape index (κ3) is 30.1. The molecule has 0 unspecified atom stereocenters. The quantitative estimate of drug-likeness (QED) is 0.347. The maximum absolute atomic E-state index is 9.55. The van der Waals surface area contributed by atoms with Gasteiger partial charge in [0.2, 0.25) is 0 Å². The smallest absolute Gasteiger partial charge is 1.00 e. The van der Waals surface area contributed by atoms with Gasteiger partial charge in [-0.05, 0) is 6.42 Å². The predicted octanol–water partition coefficient (Wildman–Crippen LogP) is -1.20. The van der Waals surface area contributed by atoms with Crippen molar-refractivity contribution in [3.05, 3.63) is 24.8 Å². The fourth-order valence-electron chi connectivity index (χ4n) is 0.347. The van der Waals surface area contributed by atoms with Crippen LogP contribution in [0.2, 0.25) is 0 Å². The van der Waals surface area contributed by atoms with E-state index in [-0.39, 0.29) is 31.0 Å². The van der Waals surface area contributed by atoms with E-state index in [4.69, 9.17) is 10.2 Å². The molecule has 0 fully saturated rings. The average molecular weight is 210 g/mol. The van der Waals surface area contributed by atoms with E-state index in [9.17, 15) is 9.59 Å². The van der Waals surface area contributed by atoms with E-state index in [1.54, 1.807) is 0 Å². The monoisotopic (exact) mass is 210 g/mol. The number of rotatable bonds is 4. The molecule has 0 aromatic heterocycles. The summed E-state index contributed by atoms with van der Waals surface area (Å²) in [5, 5.41) is 15.6. The van der Waals surface area contributed by atoms with Crippen molar-refractivity contribution in [2.75, 3.05) is 0 Å². The molecule has 0 spiro atoms. The van der Waals surface area contributed by atoms with Gasteiger partial charge in [0, 0.05) is 12.2 Å². The third-order valence-corrected chi connectivity index (χ3v) is 0.861. The Morgan fingerprint density at radius 1 is 1.29 bits per heavy atom. The van der Waals surface area contributed by atoms with Gasteiger partial charge in [0.15, 0.2) is 0 Å². The molecule has 0 aromatic rings. The van der Waals surface area contributed by atoms with Gasteiger partial charge in [0.1, 0.15) is 0 Å². The second kappa shape index (κ2) is 14.9. The van der Waals surface area contributed by atoms with Crippen LogP contribution in [0.3, 0.4) is 0 Å². The van der Waals surface area contributed by atoms with Crippen LogP contribution in [0.1, 0.15) is 21.2 Å². The van der Waals surface area contributed by atoms with Gasteiger partial charge in [-0.3, -0.25) is 0 Å². The first-order chi connectivity index (χ1) is 6.04. The van der Waals surface area contributed by atoms with Gasteiger partial charge in [0.05, 0.1) is 0 Å². The molecule has 0 atom stereocenters. The largest absolute Gasteiger partial charge is 1.00 e. The summed E-state index contributed by atoms with van der Waals surface area (Å²) < 4.78 is 0. The van der Waals surface area contributed by atoms with Crippen molar-refractivity contribution < 1.29 is 50.8 Å². The number of unbranched alkanes of at least 4 members (excludes halogenated alkanes) is 1. The molecule has 14 heavy (non-hydrogen) atoms. The maximum atomic E-state index is 9.55. The van der Waals surface area contributed by atoms with E-state index in [2.05, 4.69) is 13.5 Å². The van der Waals surface area contributed by atoms with Crippen LogP contribution in [-0.2, 0) is 9.59 Å². The first-order valence-corrected chi connectivity index (χ1v) is 3.79. The molecule has 0 aliphatic rings. The summed E-state index contributed by atoms with van der Waals surface area (Å²) in [4.78, 5) is 19.1. The summed E-state index contributed by atoms with van der Waals surface area (Å²) in [6.07, 6.45) is 5.42. The summed E-state index contributed by atoms with van der Waals surface area (Å²) >= 11 is 0. The van der Waals surface area contributed by atoms with E-state index >= 15 is 0 Å². The molecule has 0 rings (SSSR count). The number of aliphatic carboxylic acids is 2. The van der Waals surface area contributed by atoms with Crippen LogP contribution >= 0.6 is 0 Å². The fraction of sp³-hybridized carbons (Fsp3) is 0.333. The molecule has 4 nitrogen and oxygen atoms in total. The summed E-state index contributed by atoms with van der Waals surface area (Å²) in [6, 6.07) is 0. The number of hydrogen-bond acceptors (Lipinski definition) is 2. The minimum Gasteiger partial charge on any atom is -1.00 e. The van der Waals surface area contributed by atoms with Crippen LogP contribution in [-0.4, -0.2) is 22.2 Å². The number of carboxylic acid groups (broad SMARTS) is 2.